The van der Waals surface area contributed by atoms with Crippen LogP contribution in [-0.2, 0) is 6.54 Å². The van der Waals surface area contributed by atoms with E-state index >= 15 is 0 Å². The van der Waals surface area contributed by atoms with E-state index in [0.29, 0.717) is 6.04 Å². The lowest BCUT2D eigenvalue weighted by atomic mass is 10.0. The molecule has 0 radical (unpaired) electrons. The van der Waals surface area contributed by atoms with Crippen LogP contribution in [0.4, 0.5) is 5.82 Å². The number of imidazole rings is 1. The summed E-state index contributed by atoms with van der Waals surface area (Å²) in [7, 11) is 0. The number of rotatable bonds is 5. The number of aromatic nitrogens is 7. The molecule has 2 N–H and O–H groups in total. The average Bonchev–Trinajstić information content (AvgIpc) is 3.31. The zero-order chi connectivity index (χ0) is 17.2. The minimum absolute atomic E-state index is 0.192. The molecule has 0 amide bonds. The molecule has 0 bridgehead atoms. The van der Waals surface area contributed by atoms with E-state index < -0.39 is 0 Å². The summed E-state index contributed by atoms with van der Waals surface area (Å²) in [4.78, 5) is 22.7. The number of hydrogen-bond acceptors (Lipinski definition) is 7. The fourth-order valence-electron chi connectivity index (χ4n) is 3.53. The van der Waals surface area contributed by atoms with E-state index in [-0.39, 0.29) is 6.04 Å². The molecular weight excluding hydrogens is 318 g/mol. The van der Waals surface area contributed by atoms with E-state index in [1.807, 2.05) is 4.68 Å². The third-order valence-electron chi connectivity index (χ3n) is 4.82. The van der Waals surface area contributed by atoms with Crippen LogP contribution in [0.2, 0.25) is 0 Å². The number of nitrogens with zero attached hydrogens (tertiary/aromatic N) is 7. The summed E-state index contributed by atoms with van der Waals surface area (Å²) in [5.41, 5.74) is 1.64. The van der Waals surface area contributed by atoms with Crippen molar-refractivity contribution in [2.75, 3.05) is 18.0 Å². The van der Waals surface area contributed by atoms with E-state index in [4.69, 9.17) is 0 Å². The lowest BCUT2D eigenvalue weighted by molar-refractivity contribution is 0.365. The maximum Gasteiger partial charge on any atom is 0.182 e. The van der Waals surface area contributed by atoms with Gasteiger partial charge in [-0.2, -0.15) is 5.10 Å². The first-order valence-corrected chi connectivity index (χ1v) is 8.79. The normalized spacial score (nSPS) is 17.3. The fraction of sp³-hybridized carbons (Fsp3) is 0.562. The molecule has 0 aromatic carbocycles. The van der Waals surface area contributed by atoms with Gasteiger partial charge in [-0.1, -0.05) is 0 Å². The van der Waals surface area contributed by atoms with Gasteiger partial charge in [0.1, 0.15) is 24.0 Å². The number of aryl methyl sites for hydroxylation is 1. The van der Waals surface area contributed by atoms with Gasteiger partial charge >= 0.3 is 0 Å². The Morgan fingerprint density at radius 1 is 1.20 bits per heavy atom. The molecule has 132 valence electrons. The van der Waals surface area contributed by atoms with Crippen LogP contribution in [0.15, 0.2) is 19.0 Å². The van der Waals surface area contributed by atoms with Crippen LogP contribution in [0.25, 0.3) is 11.2 Å². The SMILES string of the molecule is CCn1ncnc1[C@@H](C)NC1CCN(c2ncnc3nc[nH]c23)CC1. The van der Waals surface area contributed by atoms with Gasteiger partial charge in [0.15, 0.2) is 11.5 Å². The Morgan fingerprint density at radius 3 is 2.84 bits per heavy atom. The lowest BCUT2D eigenvalue weighted by Crippen LogP contribution is -2.44. The van der Waals surface area contributed by atoms with Gasteiger partial charge in [-0.15, -0.1) is 0 Å². The first kappa shape index (κ1) is 15.9. The number of hydrogen-bond donors (Lipinski definition) is 2. The van der Waals surface area contributed by atoms with Crippen molar-refractivity contribution >= 4 is 17.0 Å². The molecule has 0 aliphatic carbocycles. The Balaban J connectivity index is 1.39. The Labute approximate surface area is 145 Å². The molecule has 0 unspecified atom stereocenters. The molecule has 0 saturated carbocycles. The van der Waals surface area contributed by atoms with Crippen molar-refractivity contribution in [3.63, 3.8) is 0 Å². The molecule has 1 atom stereocenters. The summed E-state index contributed by atoms with van der Waals surface area (Å²) >= 11 is 0. The van der Waals surface area contributed by atoms with Crippen LogP contribution < -0.4 is 10.2 Å². The van der Waals surface area contributed by atoms with Crippen molar-refractivity contribution in [1.82, 2.24) is 40.0 Å². The minimum Gasteiger partial charge on any atom is -0.355 e. The van der Waals surface area contributed by atoms with Crippen LogP contribution in [0.1, 0.15) is 38.6 Å². The van der Waals surface area contributed by atoms with Crippen LogP contribution in [-0.4, -0.2) is 53.8 Å². The summed E-state index contributed by atoms with van der Waals surface area (Å²) in [6.45, 7) is 6.99. The number of anilines is 1. The first-order chi connectivity index (χ1) is 12.3. The van der Waals surface area contributed by atoms with Gasteiger partial charge in [0.25, 0.3) is 0 Å². The molecule has 1 fully saturated rings. The van der Waals surface area contributed by atoms with Gasteiger partial charge in [-0.25, -0.2) is 24.6 Å². The smallest absolute Gasteiger partial charge is 0.182 e. The Morgan fingerprint density at radius 2 is 2.04 bits per heavy atom. The topological polar surface area (TPSA) is 100 Å². The predicted molar refractivity (Wildman–Crippen MR) is 94.2 cm³/mol. The highest BCUT2D eigenvalue weighted by Gasteiger charge is 2.24. The molecule has 1 saturated heterocycles. The molecule has 1 aliphatic heterocycles. The summed E-state index contributed by atoms with van der Waals surface area (Å²) in [5.74, 6) is 1.94. The number of nitrogens with one attached hydrogen (secondary N) is 2. The molecule has 4 rings (SSSR count). The molecule has 9 heteroatoms. The molecule has 9 nitrogen and oxygen atoms in total. The second-order valence-electron chi connectivity index (χ2n) is 6.38. The monoisotopic (exact) mass is 341 g/mol. The van der Waals surface area contributed by atoms with Crippen molar-refractivity contribution in [2.45, 2.75) is 45.3 Å². The third-order valence-corrected chi connectivity index (χ3v) is 4.82. The number of H-pyrrole nitrogens is 1. The Hall–Kier alpha value is -2.55. The summed E-state index contributed by atoms with van der Waals surface area (Å²) in [5, 5.41) is 7.96. The zero-order valence-corrected chi connectivity index (χ0v) is 14.6. The highest BCUT2D eigenvalue weighted by Crippen LogP contribution is 2.24. The highest BCUT2D eigenvalue weighted by molar-refractivity contribution is 5.82. The molecule has 25 heavy (non-hydrogen) atoms. The largest absolute Gasteiger partial charge is 0.355 e. The van der Waals surface area contributed by atoms with Gasteiger partial charge in [-0.05, 0) is 26.7 Å². The van der Waals surface area contributed by atoms with Crippen molar-refractivity contribution in [2.24, 2.45) is 0 Å². The molecule has 3 aromatic rings. The van der Waals surface area contributed by atoms with Gasteiger partial charge in [0.2, 0.25) is 0 Å². The van der Waals surface area contributed by atoms with E-state index in [1.165, 1.54) is 0 Å². The fourth-order valence-corrected chi connectivity index (χ4v) is 3.53. The van der Waals surface area contributed by atoms with Crippen molar-refractivity contribution < 1.29 is 0 Å². The summed E-state index contributed by atoms with van der Waals surface area (Å²) in [6, 6.07) is 0.657. The number of aromatic amines is 1. The average molecular weight is 341 g/mol. The van der Waals surface area contributed by atoms with Crippen LogP contribution >= 0.6 is 0 Å². The Bertz CT molecular complexity index is 831. The third kappa shape index (κ3) is 3.07. The summed E-state index contributed by atoms with van der Waals surface area (Å²) in [6.07, 6.45) is 7.00. The van der Waals surface area contributed by atoms with E-state index in [9.17, 15) is 0 Å². The van der Waals surface area contributed by atoms with Crippen LogP contribution in [0, 0.1) is 0 Å². The minimum atomic E-state index is 0.192. The lowest BCUT2D eigenvalue weighted by Gasteiger charge is -2.34. The van der Waals surface area contributed by atoms with Gasteiger partial charge in [0.05, 0.1) is 12.4 Å². The van der Waals surface area contributed by atoms with Gasteiger partial charge < -0.3 is 15.2 Å². The second-order valence-corrected chi connectivity index (χ2v) is 6.38. The van der Waals surface area contributed by atoms with Gasteiger partial charge in [-0.3, -0.25) is 0 Å². The first-order valence-electron chi connectivity index (χ1n) is 8.79. The standard InChI is InChI=1S/C16H23N9/c1-3-25-15(21-10-22-25)11(2)23-12-4-6-24(7-5-12)16-13-14(18-8-17-13)19-9-20-16/h8-12,23H,3-7H2,1-2H3,(H,17,18,19,20)/t11-/m1/s1. The van der Waals surface area contributed by atoms with Crippen LogP contribution in [0.5, 0.6) is 0 Å². The molecule has 1 aliphatic rings. The molecule has 4 heterocycles. The maximum atomic E-state index is 4.45. The van der Waals surface area contributed by atoms with E-state index in [1.54, 1.807) is 19.0 Å². The molecular formula is C16H23N9. The Kier molecular flexibility index (Phi) is 4.31. The highest BCUT2D eigenvalue weighted by atomic mass is 15.3. The summed E-state index contributed by atoms with van der Waals surface area (Å²) < 4.78 is 1.95. The van der Waals surface area contributed by atoms with Crippen molar-refractivity contribution in [3.05, 3.63) is 24.8 Å². The molecule has 3 aromatic heterocycles. The van der Waals surface area contributed by atoms with Crippen molar-refractivity contribution in [3.8, 4) is 0 Å². The number of piperidine rings is 1. The maximum absolute atomic E-state index is 4.45. The second kappa shape index (κ2) is 6.75. The van der Waals surface area contributed by atoms with Crippen molar-refractivity contribution in [1.29, 1.82) is 0 Å². The quantitative estimate of drug-likeness (QED) is 0.721. The predicted octanol–water partition coefficient (Wildman–Crippen LogP) is 1.28. The van der Waals surface area contributed by atoms with E-state index in [0.717, 1.165) is 55.3 Å². The van der Waals surface area contributed by atoms with E-state index in [2.05, 4.69) is 54.1 Å². The zero-order valence-electron chi connectivity index (χ0n) is 14.6. The van der Waals surface area contributed by atoms with Crippen LogP contribution in [0.3, 0.4) is 0 Å². The van der Waals surface area contributed by atoms with Gasteiger partial charge in [0, 0.05) is 25.7 Å². The number of fused-ring (bicyclic) bond motifs is 1. The molecule has 0 spiro atoms.